The summed E-state index contributed by atoms with van der Waals surface area (Å²) in [7, 11) is 0. The van der Waals surface area contributed by atoms with Gasteiger partial charge in [-0.3, -0.25) is 0 Å². The number of nitrogens with zero attached hydrogens (tertiary/aromatic N) is 1. The van der Waals surface area contributed by atoms with Crippen molar-refractivity contribution in [2.24, 2.45) is 5.73 Å². The van der Waals surface area contributed by atoms with Crippen molar-refractivity contribution in [3.63, 3.8) is 0 Å². The first-order valence-corrected chi connectivity index (χ1v) is 6.54. The maximum absolute atomic E-state index is 5.77. The van der Waals surface area contributed by atoms with Gasteiger partial charge in [-0.25, -0.2) is 4.98 Å². The zero-order valence-electron chi connectivity index (χ0n) is 11.4. The molecule has 4 heteroatoms. The Morgan fingerprint density at radius 2 is 2.00 bits per heavy atom. The molecule has 0 aliphatic rings. The number of nitrogens with two attached hydrogens (primary N) is 1. The van der Waals surface area contributed by atoms with Gasteiger partial charge >= 0.3 is 0 Å². The van der Waals surface area contributed by atoms with Crippen LogP contribution in [0.3, 0.4) is 0 Å². The van der Waals surface area contributed by atoms with Crippen LogP contribution in [0.1, 0.15) is 19.4 Å². The molecule has 0 saturated carbocycles. The molecule has 0 spiro atoms. The average molecular weight is 260 g/mol. The van der Waals surface area contributed by atoms with Crippen LogP contribution in [-0.4, -0.2) is 24.3 Å². The topological polar surface area (TPSA) is 57.4 Å². The molecule has 2 rings (SSSR count). The normalized spacial score (nSPS) is 11.2. The van der Waals surface area contributed by atoms with E-state index in [1.54, 1.807) is 0 Å². The van der Waals surface area contributed by atoms with Gasteiger partial charge in [-0.2, -0.15) is 0 Å². The predicted molar refractivity (Wildman–Crippen MR) is 76.2 cm³/mol. The second-order valence-electron chi connectivity index (χ2n) is 4.61. The summed E-state index contributed by atoms with van der Waals surface area (Å²) in [6, 6.07) is 9.83. The van der Waals surface area contributed by atoms with Crippen LogP contribution in [0, 0.1) is 0 Å². The zero-order valence-corrected chi connectivity index (χ0v) is 11.4. The van der Waals surface area contributed by atoms with Gasteiger partial charge in [-0.05, 0) is 25.5 Å². The molecule has 0 amide bonds. The molecule has 19 heavy (non-hydrogen) atoms. The SMILES string of the molecule is CC(C)OCCOc1cc(CN)c2ccccc2n1. The number of pyridine rings is 1. The lowest BCUT2D eigenvalue weighted by Crippen LogP contribution is -2.12. The fourth-order valence-electron chi connectivity index (χ4n) is 1.89. The molecule has 0 fully saturated rings. The smallest absolute Gasteiger partial charge is 0.214 e. The monoisotopic (exact) mass is 260 g/mol. The summed E-state index contributed by atoms with van der Waals surface area (Å²) in [4.78, 5) is 4.47. The van der Waals surface area contributed by atoms with Gasteiger partial charge in [0.1, 0.15) is 6.61 Å². The summed E-state index contributed by atoms with van der Waals surface area (Å²) in [5.74, 6) is 0.603. The number of hydrogen-bond acceptors (Lipinski definition) is 4. The first-order chi connectivity index (χ1) is 9.20. The minimum absolute atomic E-state index is 0.216. The Labute approximate surface area is 113 Å². The summed E-state index contributed by atoms with van der Waals surface area (Å²) >= 11 is 0. The number of ether oxygens (including phenoxy) is 2. The fourth-order valence-corrected chi connectivity index (χ4v) is 1.89. The van der Waals surface area contributed by atoms with Gasteiger partial charge in [-0.1, -0.05) is 18.2 Å². The minimum Gasteiger partial charge on any atom is -0.475 e. The molecular formula is C15H20N2O2. The molecule has 1 aromatic carbocycles. The van der Waals surface area contributed by atoms with Gasteiger partial charge in [0.2, 0.25) is 5.88 Å². The highest BCUT2D eigenvalue weighted by atomic mass is 16.5. The van der Waals surface area contributed by atoms with Gasteiger partial charge in [0.05, 0.1) is 18.2 Å². The van der Waals surface area contributed by atoms with E-state index in [0.29, 0.717) is 25.6 Å². The molecular weight excluding hydrogens is 240 g/mol. The third-order valence-electron chi connectivity index (χ3n) is 2.78. The highest BCUT2D eigenvalue weighted by Gasteiger charge is 2.05. The maximum atomic E-state index is 5.77. The average Bonchev–Trinajstić information content (AvgIpc) is 2.42. The van der Waals surface area contributed by atoms with E-state index < -0.39 is 0 Å². The molecule has 0 radical (unpaired) electrons. The molecule has 4 nitrogen and oxygen atoms in total. The molecule has 0 atom stereocenters. The molecule has 1 heterocycles. The van der Waals surface area contributed by atoms with Gasteiger partial charge in [-0.15, -0.1) is 0 Å². The summed E-state index contributed by atoms with van der Waals surface area (Å²) in [5, 5.41) is 1.08. The van der Waals surface area contributed by atoms with E-state index in [4.69, 9.17) is 15.2 Å². The molecule has 0 aliphatic heterocycles. The molecule has 0 bridgehead atoms. The van der Waals surface area contributed by atoms with E-state index in [1.807, 2.05) is 44.2 Å². The number of benzene rings is 1. The van der Waals surface area contributed by atoms with Crippen LogP contribution in [0.2, 0.25) is 0 Å². The minimum atomic E-state index is 0.216. The third kappa shape index (κ3) is 3.66. The van der Waals surface area contributed by atoms with E-state index in [0.717, 1.165) is 16.5 Å². The highest BCUT2D eigenvalue weighted by Crippen LogP contribution is 2.21. The second kappa shape index (κ2) is 6.50. The van der Waals surface area contributed by atoms with Crippen molar-refractivity contribution in [2.75, 3.05) is 13.2 Å². The summed E-state index contributed by atoms with van der Waals surface area (Å²) in [5.41, 5.74) is 7.73. The molecule has 2 N–H and O–H groups in total. The van der Waals surface area contributed by atoms with Crippen molar-refractivity contribution < 1.29 is 9.47 Å². The van der Waals surface area contributed by atoms with Gasteiger partial charge in [0.15, 0.2) is 0 Å². The van der Waals surface area contributed by atoms with E-state index in [9.17, 15) is 0 Å². The van der Waals surface area contributed by atoms with Crippen molar-refractivity contribution in [2.45, 2.75) is 26.5 Å². The summed E-state index contributed by atoms with van der Waals surface area (Å²) in [6.45, 7) is 5.53. The van der Waals surface area contributed by atoms with Crippen LogP contribution in [0.25, 0.3) is 10.9 Å². The Hall–Kier alpha value is -1.65. The molecule has 0 unspecified atom stereocenters. The number of fused-ring (bicyclic) bond motifs is 1. The standard InChI is InChI=1S/C15H20N2O2/c1-11(2)18-7-8-19-15-9-12(10-16)13-5-3-4-6-14(13)17-15/h3-6,9,11H,7-8,10,16H2,1-2H3. The molecule has 0 aliphatic carbocycles. The quantitative estimate of drug-likeness (QED) is 0.811. The Morgan fingerprint density at radius 1 is 1.21 bits per heavy atom. The van der Waals surface area contributed by atoms with E-state index in [1.165, 1.54) is 0 Å². The molecule has 1 aromatic heterocycles. The Kier molecular flexibility index (Phi) is 4.71. The first-order valence-electron chi connectivity index (χ1n) is 6.54. The van der Waals surface area contributed by atoms with Gasteiger partial charge < -0.3 is 15.2 Å². The number of aromatic nitrogens is 1. The number of para-hydroxylation sites is 1. The fraction of sp³-hybridized carbons (Fsp3) is 0.400. The van der Waals surface area contributed by atoms with Crippen LogP contribution < -0.4 is 10.5 Å². The Bertz CT molecular complexity index is 541. The van der Waals surface area contributed by atoms with Crippen LogP contribution in [0.15, 0.2) is 30.3 Å². The molecule has 2 aromatic rings. The van der Waals surface area contributed by atoms with E-state index >= 15 is 0 Å². The lowest BCUT2D eigenvalue weighted by Gasteiger charge is -2.11. The summed E-state index contributed by atoms with van der Waals surface area (Å²) in [6.07, 6.45) is 0.216. The predicted octanol–water partition coefficient (Wildman–Crippen LogP) is 2.50. The van der Waals surface area contributed by atoms with Gasteiger partial charge in [0.25, 0.3) is 0 Å². The van der Waals surface area contributed by atoms with Crippen molar-refractivity contribution >= 4 is 10.9 Å². The van der Waals surface area contributed by atoms with Crippen molar-refractivity contribution in [1.29, 1.82) is 0 Å². The second-order valence-corrected chi connectivity index (χ2v) is 4.61. The number of hydrogen-bond donors (Lipinski definition) is 1. The molecule has 0 saturated heterocycles. The zero-order chi connectivity index (χ0) is 13.7. The Balaban J connectivity index is 2.11. The van der Waals surface area contributed by atoms with Crippen molar-refractivity contribution in [1.82, 2.24) is 4.98 Å². The van der Waals surface area contributed by atoms with E-state index in [-0.39, 0.29) is 6.10 Å². The van der Waals surface area contributed by atoms with Gasteiger partial charge in [0, 0.05) is 18.0 Å². The Morgan fingerprint density at radius 3 is 2.74 bits per heavy atom. The largest absolute Gasteiger partial charge is 0.475 e. The third-order valence-corrected chi connectivity index (χ3v) is 2.78. The summed E-state index contributed by atoms with van der Waals surface area (Å²) < 4.78 is 11.0. The maximum Gasteiger partial charge on any atom is 0.214 e. The molecule has 102 valence electrons. The van der Waals surface area contributed by atoms with Crippen LogP contribution in [0.4, 0.5) is 0 Å². The lowest BCUT2D eigenvalue weighted by molar-refractivity contribution is 0.0543. The van der Waals surface area contributed by atoms with E-state index in [2.05, 4.69) is 4.98 Å². The lowest BCUT2D eigenvalue weighted by atomic mass is 10.1. The van der Waals surface area contributed by atoms with Crippen molar-refractivity contribution in [3.05, 3.63) is 35.9 Å². The highest BCUT2D eigenvalue weighted by molar-refractivity contribution is 5.82. The van der Waals surface area contributed by atoms with Crippen molar-refractivity contribution in [3.8, 4) is 5.88 Å². The van der Waals surface area contributed by atoms with Crippen LogP contribution in [0.5, 0.6) is 5.88 Å². The van der Waals surface area contributed by atoms with Crippen LogP contribution in [-0.2, 0) is 11.3 Å². The first kappa shape index (κ1) is 13.8. The number of rotatable bonds is 6. The van der Waals surface area contributed by atoms with Crippen LogP contribution >= 0.6 is 0 Å².